The standard InChI is InChI=1S/C25H16Cl2N2O2S4/c26-15-5-9-34-22(15)21(30)20-19(18-4-2-8-33-18)24(12-28,13-29)14(17-3-1-7-32-17)11-25(20,31)23-16(27)6-10-35-23/h1-10,14,19-20,31H,11H2. The second kappa shape index (κ2) is 9.46. The lowest BCUT2D eigenvalue weighted by molar-refractivity contribution is -0.0744. The lowest BCUT2D eigenvalue weighted by Crippen LogP contribution is -2.55. The number of carbonyl (C=O) groups excluding carboxylic acids is 1. The first-order valence-electron chi connectivity index (χ1n) is 10.5. The predicted octanol–water partition coefficient (Wildman–Crippen LogP) is 7.93. The number of ketones is 1. The molecule has 4 aromatic heterocycles. The Morgan fingerprint density at radius 1 is 0.914 bits per heavy atom. The van der Waals surface area contributed by atoms with E-state index in [1.165, 1.54) is 45.3 Å². The summed E-state index contributed by atoms with van der Waals surface area (Å²) in [7, 11) is 0. The van der Waals surface area contributed by atoms with Gasteiger partial charge in [0.15, 0.2) is 11.2 Å². The van der Waals surface area contributed by atoms with Gasteiger partial charge in [0.1, 0.15) is 5.60 Å². The van der Waals surface area contributed by atoms with Crippen LogP contribution in [0.1, 0.15) is 42.6 Å². The van der Waals surface area contributed by atoms with Crippen molar-refractivity contribution in [3.63, 3.8) is 0 Å². The molecule has 4 atom stereocenters. The molecule has 4 unspecified atom stereocenters. The molecule has 0 spiro atoms. The van der Waals surface area contributed by atoms with E-state index in [1.807, 2.05) is 35.0 Å². The molecule has 1 aliphatic rings. The maximum atomic E-state index is 14.2. The van der Waals surface area contributed by atoms with Crippen LogP contribution in [0, 0.1) is 34.0 Å². The molecule has 176 valence electrons. The smallest absolute Gasteiger partial charge is 0.181 e. The Kier molecular flexibility index (Phi) is 6.67. The highest BCUT2D eigenvalue weighted by molar-refractivity contribution is 7.13. The molecular formula is C25H16Cl2N2O2S4. The zero-order valence-corrected chi connectivity index (χ0v) is 22.6. The van der Waals surface area contributed by atoms with Crippen LogP contribution >= 0.6 is 68.5 Å². The lowest BCUT2D eigenvalue weighted by atomic mass is 9.51. The van der Waals surface area contributed by atoms with E-state index in [4.69, 9.17) is 23.2 Å². The molecule has 4 heterocycles. The van der Waals surface area contributed by atoms with E-state index in [9.17, 15) is 20.4 Å². The number of thiophene rings is 4. The molecule has 4 nitrogen and oxygen atoms in total. The van der Waals surface area contributed by atoms with Crippen LogP contribution in [0.25, 0.3) is 0 Å². The number of rotatable bonds is 5. The van der Waals surface area contributed by atoms with E-state index >= 15 is 0 Å². The molecular weight excluding hydrogens is 559 g/mol. The van der Waals surface area contributed by atoms with E-state index in [0.29, 0.717) is 19.7 Å². The van der Waals surface area contributed by atoms with Crippen LogP contribution in [0.3, 0.4) is 0 Å². The highest BCUT2D eigenvalue weighted by Crippen LogP contribution is 2.65. The molecule has 0 radical (unpaired) electrons. The summed E-state index contributed by atoms with van der Waals surface area (Å²) in [5.74, 6) is -3.10. The van der Waals surface area contributed by atoms with Gasteiger partial charge in [-0.3, -0.25) is 4.79 Å². The van der Waals surface area contributed by atoms with Gasteiger partial charge in [0.25, 0.3) is 0 Å². The van der Waals surface area contributed by atoms with Crippen molar-refractivity contribution < 1.29 is 9.90 Å². The van der Waals surface area contributed by atoms with E-state index in [1.54, 1.807) is 22.9 Å². The fraction of sp³-hybridized carbons (Fsp3) is 0.240. The van der Waals surface area contributed by atoms with Gasteiger partial charge in [0, 0.05) is 21.6 Å². The quantitative estimate of drug-likeness (QED) is 0.245. The van der Waals surface area contributed by atoms with Crippen LogP contribution in [0.4, 0.5) is 0 Å². The summed E-state index contributed by atoms with van der Waals surface area (Å²) in [6, 6.07) is 15.3. The van der Waals surface area contributed by atoms with Gasteiger partial charge >= 0.3 is 0 Å². The summed E-state index contributed by atoms with van der Waals surface area (Å²) in [5, 5.41) is 41.6. The fourth-order valence-corrected chi connectivity index (χ4v) is 9.50. The highest BCUT2D eigenvalue weighted by Gasteiger charge is 2.66. The van der Waals surface area contributed by atoms with Gasteiger partial charge in [-0.25, -0.2) is 0 Å². The summed E-state index contributed by atoms with van der Waals surface area (Å²) in [4.78, 5) is 16.5. The SMILES string of the molecule is N#CC1(C#N)C(c2cccs2)CC(O)(c2sccc2Cl)C(C(=O)c2sccc2Cl)C1c1cccs1. The van der Waals surface area contributed by atoms with Crippen molar-refractivity contribution in [2.45, 2.75) is 23.9 Å². The Hall–Kier alpha value is -2.01. The maximum Gasteiger partial charge on any atom is 0.181 e. The first kappa shape index (κ1) is 24.7. The Bertz CT molecular complexity index is 1430. The normalized spacial score (nSPS) is 25.6. The fourth-order valence-electron chi connectivity index (χ4n) is 5.16. The van der Waals surface area contributed by atoms with E-state index < -0.39 is 34.6 Å². The van der Waals surface area contributed by atoms with Crippen LogP contribution in [0.5, 0.6) is 0 Å². The second-order valence-electron chi connectivity index (χ2n) is 8.32. The monoisotopic (exact) mass is 574 g/mol. The van der Waals surface area contributed by atoms with Gasteiger partial charge in [-0.1, -0.05) is 35.3 Å². The molecule has 1 N–H and O–H groups in total. The minimum absolute atomic E-state index is 0.00383. The molecule has 1 fully saturated rings. The van der Waals surface area contributed by atoms with Crippen molar-refractivity contribution in [3.05, 3.63) is 87.5 Å². The van der Waals surface area contributed by atoms with Gasteiger partial charge in [-0.15, -0.1) is 45.3 Å². The van der Waals surface area contributed by atoms with Crippen LogP contribution in [0.15, 0.2) is 57.9 Å². The zero-order valence-electron chi connectivity index (χ0n) is 17.9. The summed E-state index contributed by atoms with van der Waals surface area (Å²) in [6.45, 7) is 0. The number of nitrogens with zero attached hydrogens (tertiary/aromatic N) is 2. The van der Waals surface area contributed by atoms with Crippen LogP contribution < -0.4 is 0 Å². The maximum absolute atomic E-state index is 14.2. The van der Waals surface area contributed by atoms with Gasteiger partial charge in [-0.05, 0) is 52.2 Å². The predicted molar refractivity (Wildman–Crippen MR) is 143 cm³/mol. The van der Waals surface area contributed by atoms with E-state index in [0.717, 1.165) is 4.88 Å². The largest absolute Gasteiger partial charge is 0.383 e. The minimum Gasteiger partial charge on any atom is -0.383 e. The van der Waals surface area contributed by atoms with Crippen LogP contribution in [0.2, 0.25) is 10.0 Å². The summed E-state index contributed by atoms with van der Waals surface area (Å²) >= 11 is 18.2. The molecule has 35 heavy (non-hydrogen) atoms. The van der Waals surface area contributed by atoms with Gasteiger partial charge in [0.2, 0.25) is 0 Å². The van der Waals surface area contributed by atoms with Crippen molar-refractivity contribution in [1.82, 2.24) is 0 Å². The third kappa shape index (κ3) is 3.80. The minimum atomic E-state index is -1.73. The average molecular weight is 576 g/mol. The summed E-state index contributed by atoms with van der Waals surface area (Å²) in [5.41, 5.74) is -3.33. The molecule has 4 aromatic rings. The van der Waals surface area contributed by atoms with Crippen molar-refractivity contribution in [2.75, 3.05) is 0 Å². The Morgan fingerprint density at radius 2 is 1.54 bits per heavy atom. The molecule has 0 bridgehead atoms. The molecule has 0 saturated heterocycles. The number of Topliss-reactive ketones (excluding diaryl/α,β-unsaturated/α-hetero) is 1. The summed E-state index contributed by atoms with van der Waals surface area (Å²) in [6.07, 6.45) is -0.00383. The number of hydrogen-bond donors (Lipinski definition) is 1. The van der Waals surface area contributed by atoms with Gasteiger partial charge in [0.05, 0.1) is 37.9 Å². The summed E-state index contributed by atoms with van der Waals surface area (Å²) < 4.78 is 0. The Morgan fingerprint density at radius 3 is 2.06 bits per heavy atom. The zero-order chi connectivity index (χ0) is 24.8. The highest BCUT2D eigenvalue weighted by atomic mass is 35.5. The molecule has 0 amide bonds. The van der Waals surface area contributed by atoms with Crippen molar-refractivity contribution in [2.24, 2.45) is 11.3 Å². The molecule has 1 aliphatic carbocycles. The van der Waals surface area contributed by atoms with E-state index in [2.05, 4.69) is 12.1 Å². The molecule has 5 rings (SSSR count). The van der Waals surface area contributed by atoms with Crippen molar-refractivity contribution >= 4 is 74.3 Å². The van der Waals surface area contributed by atoms with E-state index in [-0.39, 0.29) is 11.4 Å². The van der Waals surface area contributed by atoms with Crippen LogP contribution in [-0.4, -0.2) is 10.9 Å². The van der Waals surface area contributed by atoms with Crippen LogP contribution in [-0.2, 0) is 5.60 Å². The lowest BCUT2D eigenvalue weighted by Gasteiger charge is -2.51. The Labute approximate surface area is 228 Å². The number of carbonyl (C=O) groups is 1. The van der Waals surface area contributed by atoms with Gasteiger partial charge < -0.3 is 5.11 Å². The second-order valence-corrected chi connectivity index (χ2v) is 12.9. The first-order valence-corrected chi connectivity index (χ1v) is 14.8. The number of nitriles is 2. The molecule has 0 aromatic carbocycles. The molecule has 1 saturated carbocycles. The third-order valence-electron chi connectivity index (χ3n) is 6.64. The number of hydrogen-bond acceptors (Lipinski definition) is 8. The average Bonchev–Trinajstić information content (AvgIpc) is 3.66. The Balaban J connectivity index is 1.84. The first-order chi connectivity index (χ1) is 16.9. The molecule has 10 heteroatoms. The topological polar surface area (TPSA) is 84.9 Å². The van der Waals surface area contributed by atoms with Gasteiger partial charge in [-0.2, -0.15) is 10.5 Å². The van der Waals surface area contributed by atoms with Crippen molar-refractivity contribution in [1.29, 1.82) is 10.5 Å². The van der Waals surface area contributed by atoms with Crippen molar-refractivity contribution in [3.8, 4) is 12.1 Å². The molecule has 0 aliphatic heterocycles. The number of halogens is 2. The number of aliphatic hydroxyl groups is 1. The third-order valence-corrected chi connectivity index (χ3v) is 11.4.